The van der Waals surface area contributed by atoms with Crippen LogP contribution in [-0.2, 0) is 11.3 Å². The van der Waals surface area contributed by atoms with Gasteiger partial charge in [-0.25, -0.2) is 9.78 Å². The summed E-state index contributed by atoms with van der Waals surface area (Å²) < 4.78 is 6.72. The number of para-hydroxylation sites is 2. The van der Waals surface area contributed by atoms with E-state index in [9.17, 15) is 14.4 Å². The first kappa shape index (κ1) is 21.0. The Labute approximate surface area is 184 Å². The molecule has 7 nitrogen and oxygen atoms in total. The monoisotopic (exact) mass is 427 g/mol. The van der Waals surface area contributed by atoms with Crippen molar-refractivity contribution in [3.05, 3.63) is 100 Å². The van der Waals surface area contributed by atoms with Crippen LogP contribution in [0.15, 0.2) is 83.8 Å². The summed E-state index contributed by atoms with van der Waals surface area (Å²) in [6, 6.07) is 21.1. The van der Waals surface area contributed by atoms with Gasteiger partial charge in [0, 0.05) is 18.3 Å². The van der Waals surface area contributed by atoms with Gasteiger partial charge in [0.1, 0.15) is 12.3 Å². The van der Waals surface area contributed by atoms with Gasteiger partial charge in [-0.1, -0.05) is 29.8 Å². The fourth-order valence-corrected chi connectivity index (χ4v) is 3.32. The lowest BCUT2D eigenvalue weighted by Gasteiger charge is -2.18. The first-order chi connectivity index (χ1) is 15.4. The molecule has 0 aliphatic carbocycles. The molecule has 0 aliphatic heterocycles. The molecule has 0 spiro atoms. The maximum absolute atomic E-state index is 12.7. The van der Waals surface area contributed by atoms with Crippen molar-refractivity contribution in [1.29, 1.82) is 0 Å². The molecule has 160 valence electrons. The standard InChI is InChI=1S/C25H21N3O4/c1-17-7-9-18(10-8-17)25(31)27(2)19-11-13-20(14-12-19)32-24(30)16-28-22-6-4-3-5-21(22)26-15-23(28)29/h3-15H,16H2,1-2H3. The van der Waals surface area contributed by atoms with Crippen molar-refractivity contribution in [2.24, 2.45) is 0 Å². The van der Waals surface area contributed by atoms with Crippen LogP contribution in [0.3, 0.4) is 0 Å². The van der Waals surface area contributed by atoms with Crippen LogP contribution in [0.1, 0.15) is 15.9 Å². The van der Waals surface area contributed by atoms with Crippen LogP contribution in [0.25, 0.3) is 11.0 Å². The third-order valence-corrected chi connectivity index (χ3v) is 5.10. The number of hydrogen-bond acceptors (Lipinski definition) is 5. The van der Waals surface area contributed by atoms with Gasteiger partial charge in [-0.15, -0.1) is 0 Å². The van der Waals surface area contributed by atoms with E-state index in [2.05, 4.69) is 4.98 Å². The molecule has 0 fully saturated rings. The molecule has 0 N–H and O–H groups in total. The minimum atomic E-state index is -0.583. The molecule has 1 heterocycles. The number of nitrogens with zero attached hydrogens (tertiary/aromatic N) is 3. The van der Waals surface area contributed by atoms with E-state index in [0.29, 0.717) is 28.0 Å². The van der Waals surface area contributed by atoms with Gasteiger partial charge >= 0.3 is 5.97 Å². The van der Waals surface area contributed by atoms with E-state index >= 15 is 0 Å². The van der Waals surface area contributed by atoms with Gasteiger partial charge < -0.3 is 9.64 Å². The number of benzene rings is 3. The maximum atomic E-state index is 12.7. The van der Waals surface area contributed by atoms with Gasteiger partial charge in [0.05, 0.1) is 17.2 Å². The van der Waals surface area contributed by atoms with Crippen molar-refractivity contribution in [3.63, 3.8) is 0 Å². The fraction of sp³-hybridized carbons (Fsp3) is 0.120. The number of esters is 1. The second-order valence-corrected chi connectivity index (χ2v) is 7.37. The largest absolute Gasteiger partial charge is 0.425 e. The second kappa shape index (κ2) is 8.85. The summed E-state index contributed by atoms with van der Waals surface area (Å²) in [6.07, 6.45) is 1.19. The number of carbonyl (C=O) groups excluding carboxylic acids is 2. The van der Waals surface area contributed by atoms with E-state index in [0.717, 1.165) is 5.56 Å². The third-order valence-electron chi connectivity index (χ3n) is 5.10. The molecule has 0 saturated carbocycles. The minimum absolute atomic E-state index is 0.140. The summed E-state index contributed by atoms with van der Waals surface area (Å²) in [5.41, 5.74) is 3.12. The number of hydrogen-bond donors (Lipinski definition) is 0. The zero-order valence-electron chi connectivity index (χ0n) is 17.7. The minimum Gasteiger partial charge on any atom is -0.425 e. The molecule has 7 heteroatoms. The average Bonchev–Trinajstić information content (AvgIpc) is 2.81. The molecule has 0 aliphatic rings. The normalized spacial score (nSPS) is 10.7. The SMILES string of the molecule is Cc1ccc(C(=O)N(C)c2ccc(OC(=O)Cn3c(=O)cnc4ccccc43)cc2)cc1. The van der Waals surface area contributed by atoms with Gasteiger partial charge in [0.2, 0.25) is 0 Å². The summed E-state index contributed by atoms with van der Waals surface area (Å²) in [5, 5.41) is 0. The number of aryl methyl sites for hydroxylation is 1. The van der Waals surface area contributed by atoms with Crippen LogP contribution in [0.2, 0.25) is 0 Å². The molecule has 4 aromatic rings. The summed E-state index contributed by atoms with van der Waals surface area (Å²) in [5.74, 6) is -0.402. The molecule has 3 aromatic carbocycles. The first-order valence-corrected chi connectivity index (χ1v) is 10.0. The Morgan fingerprint density at radius 2 is 1.66 bits per heavy atom. The number of carbonyl (C=O) groups is 2. The van der Waals surface area contributed by atoms with E-state index < -0.39 is 5.97 Å². The Bertz CT molecular complexity index is 1340. The predicted octanol–water partition coefficient (Wildman–Crippen LogP) is 3.59. The topological polar surface area (TPSA) is 81.5 Å². The van der Waals surface area contributed by atoms with Crippen LogP contribution in [0.4, 0.5) is 5.69 Å². The summed E-state index contributed by atoms with van der Waals surface area (Å²) in [6.45, 7) is 1.72. The fourth-order valence-electron chi connectivity index (χ4n) is 3.32. The highest BCUT2D eigenvalue weighted by molar-refractivity contribution is 6.05. The second-order valence-electron chi connectivity index (χ2n) is 7.37. The van der Waals surface area contributed by atoms with E-state index in [1.165, 1.54) is 15.7 Å². The Kier molecular flexibility index (Phi) is 5.81. The highest BCUT2D eigenvalue weighted by atomic mass is 16.5. The molecule has 0 atom stereocenters. The molecule has 0 unspecified atom stereocenters. The molecule has 0 bridgehead atoms. The summed E-state index contributed by atoms with van der Waals surface area (Å²) in [7, 11) is 1.68. The highest BCUT2D eigenvalue weighted by Gasteiger charge is 2.15. The molecule has 32 heavy (non-hydrogen) atoms. The van der Waals surface area contributed by atoms with Crippen LogP contribution in [0.5, 0.6) is 5.75 Å². The summed E-state index contributed by atoms with van der Waals surface area (Å²) in [4.78, 5) is 42.9. The van der Waals surface area contributed by atoms with Gasteiger partial charge in [0.15, 0.2) is 0 Å². The lowest BCUT2D eigenvalue weighted by atomic mass is 10.1. The van der Waals surface area contributed by atoms with Crippen LogP contribution in [0, 0.1) is 6.92 Å². The number of rotatable bonds is 5. The maximum Gasteiger partial charge on any atom is 0.331 e. The number of amides is 1. The van der Waals surface area contributed by atoms with Crippen LogP contribution < -0.4 is 15.2 Å². The number of aromatic nitrogens is 2. The number of fused-ring (bicyclic) bond motifs is 1. The zero-order chi connectivity index (χ0) is 22.7. The quantitative estimate of drug-likeness (QED) is 0.359. The summed E-state index contributed by atoms with van der Waals surface area (Å²) >= 11 is 0. The van der Waals surface area contributed by atoms with Gasteiger partial charge in [-0.3, -0.25) is 14.2 Å². The lowest BCUT2D eigenvalue weighted by molar-refractivity contribution is -0.135. The predicted molar refractivity (Wildman–Crippen MR) is 122 cm³/mol. The molecular weight excluding hydrogens is 406 g/mol. The molecular formula is C25H21N3O4. The van der Waals surface area contributed by atoms with E-state index in [1.54, 1.807) is 61.6 Å². The van der Waals surface area contributed by atoms with Crippen LogP contribution >= 0.6 is 0 Å². The van der Waals surface area contributed by atoms with Crippen LogP contribution in [-0.4, -0.2) is 28.5 Å². The number of anilines is 1. The van der Waals surface area contributed by atoms with Gasteiger partial charge in [0.25, 0.3) is 11.5 Å². The molecule has 0 radical (unpaired) electrons. The van der Waals surface area contributed by atoms with Crippen molar-refractivity contribution in [1.82, 2.24) is 9.55 Å². The molecule has 0 saturated heterocycles. The molecule has 4 rings (SSSR count). The smallest absolute Gasteiger partial charge is 0.331 e. The Morgan fingerprint density at radius 1 is 0.969 bits per heavy atom. The third kappa shape index (κ3) is 4.41. The van der Waals surface area contributed by atoms with Crippen molar-refractivity contribution in [2.75, 3.05) is 11.9 Å². The van der Waals surface area contributed by atoms with Crippen molar-refractivity contribution < 1.29 is 14.3 Å². The van der Waals surface area contributed by atoms with E-state index in [1.807, 2.05) is 25.1 Å². The molecule has 1 aromatic heterocycles. The molecule has 1 amide bonds. The van der Waals surface area contributed by atoms with Gasteiger partial charge in [-0.05, 0) is 55.5 Å². The van der Waals surface area contributed by atoms with Crippen molar-refractivity contribution >= 4 is 28.6 Å². The lowest BCUT2D eigenvalue weighted by Crippen LogP contribution is -2.27. The van der Waals surface area contributed by atoms with Crippen molar-refractivity contribution in [3.8, 4) is 5.75 Å². The Morgan fingerprint density at radius 3 is 2.38 bits per heavy atom. The number of ether oxygens (including phenoxy) is 1. The van der Waals surface area contributed by atoms with Crippen molar-refractivity contribution in [2.45, 2.75) is 13.5 Å². The Balaban J connectivity index is 1.45. The first-order valence-electron chi connectivity index (χ1n) is 10.0. The van der Waals surface area contributed by atoms with E-state index in [-0.39, 0.29) is 18.0 Å². The highest BCUT2D eigenvalue weighted by Crippen LogP contribution is 2.21. The zero-order valence-corrected chi connectivity index (χ0v) is 17.7. The van der Waals surface area contributed by atoms with E-state index in [4.69, 9.17) is 4.74 Å². The average molecular weight is 427 g/mol. The Hall–Kier alpha value is -4.26. The van der Waals surface area contributed by atoms with Gasteiger partial charge in [-0.2, -0.15) is 0 Å².